The van der Waals surface area contributed by atoms with Crippen molar-refractivity contribution >= 4 is 64.4 Å². The fourth-order valence-corrected chi connectivity index (χ4v) is 4.16. The van der Waals surface area contributed by atoms with Crippen LogP contribution in [0.25, 0.3) is 6.08 Å². The number of carboxylic acids is 3. The van der Waals surface area contributed by atoms with E-state index in [-0.39, 0.29) is 29.1 Å². The molecule has 0 saturated carbocycles. The summed E-state index contributed by atoms with van der Waals surface area (Å²) in [5.41, 5.74) is 1.07. The molecule has 0 bridgehead atoms. The SMILES string of the molecule is O=C(O)CC[C@@H](NC(=O)c1cccc(CN(C(=O)C(=O)O)c2ccc(/C=C3\SC(=O)NC3=O)cc2)c1)C(=O)O. The van der Waals surface area contributed by atoms with E-state index in [1.54, 1.807) is 0 Å². The van der Waals surface area contributed by atoms with Gasteiger partial charge in [0.2, 0.25) is 0 Å². The van der Waals surface area contributed by atoms with E-state index in [9.17, 15) is 43.8 Å². The number of imide groups is 1. The molecule has 202 valence electrons. The van der Waals surface area contributed by atoms with E-state index in [2.05, 4.69) is 10.6 Å². The van der Waals surface area contributed by atoms with Gasteiger partial charge in [0, 0.05) is 17.7 Å². The van der Waals surface area contributed by atoms with E-state index >= 15 is 0 Å². The number of rotatable bonds is 10. The summed E-state index contributed by atoms with van der Waals surface area (Å²) in [5.74, 6) is -6.95. The molecule has 5 N–H and O–H groups in total. The highest BCUT2D eigenvalue weighted by atomic mass is 32.2. The molecule has 0 radical (unpaired) electrons. The topological polar surface area (TPSA) is 207 Å². The van der Waals surface area contributed by atoms with Crippen molar-refractivity contribution in [1.82, 2.24) is 10.6 Å². The highest BCUT2D eigenvalue weighted by Crippen LogP contribution is 2.27. The van der Waals surface area contributed by atoms with Crippen LogP contribution in [-0.2, 0) is 30.5 Å². The van der Waals surface area contributed by atoms with Crippen LogP contribution < -0.4 is 15.5 Å². The van der Waals surface area contributed by atoms with Gasteiger partial charge in [0.25, 0.3) is 17.1 Å². The lowest BCUT2D eigenvalue weighted by Crippen LogP contribution is -2.41. The minimum absolute atomic E-state index is 0.0145. The molecule has 3 rings (SSSR count). The van der Waals surface area contributed by atoms with Gasteiger partial charge in [-0.15, -0.1) is 0 Å². The first-order valence-electron chi connectivity index (χ1n) is 11.2. The second-order valence-electron chi connectivity index (χ2n) is 8.14. The number of hydrogen-bond acceptors (Lipinski definition) is 8. The third-order valence-electron chi connectivity index (χ3n) is 5.35. The molecule has 1 saturated heterocycles. The Balaban J connectivity index is 1.81. The van der Waals surface area contributed by atoms with Crippen molar-refractivity contribution in [2.24, 2.45) is 0 Å². The Labute approximate surface area is 224 Å². The monoisotopic (exact) mass is 555 g/mol. The Morgan fingerprint density at radius 1 is 1.00 bits per heavy atom. The van der Waals surface area contributed by atoms with Crippen LogP contribution in [0.2, 0.25) is 0 Å². The second-order valence-corrected chi connectivity index (χ2v) is 9.15. The summed E-state index contributed by atoms with van der Waals surface area (Å²) in [5, 5.41) is 31.3. The lowest BCUT2D eigenvalue weighted by molar-refractivity contribution is -0.148. The molecule has 14 heteroatoms. The van der Waals surface area contributed by atoms with Crippen LogP contribution in [0.5, 0.6) is 0 Å². The van der Waals surface area contributed by atoms with Crippen LogP contribution in [0.15, 0.2) is 53.4 Å². The molecule has 13 nitrogen and oxygen atoms in total. The maximum Gasteiger partial charge on any atom is 0.394 e. The third-order valence-corrected chi connectivity index (χ3v) is 6.16. The van der Waals surface area contributed by atoms with Crippen LogP contribution in [0, 0.1) is 0 Å². The zero-order valence-electron chi connectivity index (χ0n) is 19.9. The summed E-state index contributed by atoms with van der Waals surface area (Å²) in [6, 6.07) is 10.2. The Kier molecular flexibility index (Phi) is 9.17. The number of benzene rings is 2. The number of nitrogens with one attached hydrogen (secondary N) is 2. The Morgan fingerprint density at radius 3 is 2.26 bits per heavy atom. The van der Waals surface area contributed by atoms with Crippen molar-refractivity contribution in [3.8, 4) is 0 Å². The summed E-state index contributed by atoms with van der Waals surface area (Å²) in [6.45, 7) is -0.263. The number of carboxylic acid groups (broad SMARTS) is 3. The number of thioether (sulfide) groups is 1. The first kappa shape index (κ1) is 28.6. The first-order valence-corrected chi connectivity index (χ1v) is 12.0. The Bertz CT molecular complexity index is 1390. The molecule has 39 heavy (non-hydrogen) atoms. The summed E-state index contributed by atoms with van der Waals surface area (Å²) in [6.07, 6.45) is 0.661. The zero-order valence-corrected chi connectivity index (χ0v) is 20.8. The lowest BCUT2D eigenvalue weighted by atomic mass is 10.1. The van der Waals surface area contributed by atoms with Crippen molar-refractivity contribution in [3.05, 3.63) is 70.1 Å². The zero-order chi connectivity index (χ0) is 28.7. The van der Waals surface area contributed by atoms with Crippen molar-refractivity contribution in [2.75, 3.05) is 4.90 Å². The number of anilines is 1. The highest BCUT2D eigenvalue weighted by Gasteiger charge is 2.26. The molecular weight excluding hydrogens is 534 g/mol. The van der Waals surface area contributed by atoms with Crippen LogP contribution in [-0.4, -0.2) is 62.2 Å². The third kappa shape index (κ3) is 7.75. The average molecular weight is 556 g/mol. The molecule has 0 aliphatic carbocycles. The largest absolute Gasteiger partial charge is 0.481 e. The minimum atomic E-state index is -1.73. The Morgan fingerprint density at radius 2 is 1.69 bits per heavy atom. The summed E-state index contributed by atoms with van der Waals surface area (Å²) < 4.78 is 0. The number of carbonyl (C=O) groups excluding carboxylic acids is 4. The van der Waals surface area contributed by atoms with Crippen LogP contribution in [0.1, 0.15) is 34.3 Å². The molecule has 1 atom stereocenters. The van der Waals surface area contributed by atoms with Gasteiger partial charge in [0.15, 0.2) is 0 Å². The second kappa shape index (κ2) is 12.5. The maximum absolute atomic E-state index is 12.6. The quantitative estimate of drug-likeness (QED) is 0.210. The molecule has 1 aliphatic heterocycles. The minimum Gasteiger partial charge on any atom is -0.481 e. The number of hydrogen-bond donors (Lipinski definition) is 5. The van der Waals surface area contributed by atoms with Gasteiger partial charge in [0.1, 0.15) is 6.04 Å². The number of carbonyl (C=O) groups is 7. The van der Waals surface area contributed by atoms with Crippen LogP contribution in [0.3, 0.4) is 0 Å². The predicted molar refractivity (Wildman–Crippen MR) is 137 cm³/mol. The van der Waals surface area contributed by atoms with Gasteiger partial charge in [-0.2, -0.15) is 0 Å². The van der Waals surface area contributed by atoms with Crippen molar-refractivity contribution < 1.29 is 48.9 Å². The molecule has 0 aromatic heterocycles. The van der Waals surface area contributed by atoms with E-state index < -0.39 is 53.3 Å². The highest BCUT2D eigenvalue weighted by molar-refractivity contribution is 8.18. The van der Waals surface area contributed by atoms with Gasteiger partial charge in [-0.05, 0) is 59.7 Å². The van der Waals surface area contributed by atoms with E-state index in [1.165, 1.54) is 54.6 Å². The molecule has 2 aromatic rings. The fraction of sp³-hybridized carbons (Fsp3) is 0.160. The summed E-state index contributed by atoms with van der Waals surface area (Å²) >= 11 is 0.730. The van der Waals surface area contributed by atoms with E-state index in [4.69, 9.17) is 5.11 Å². The van der Waals surface area contributed by atoms with Gasteiger partial charge < -0.3 is 20.6 Å². The van der Waals surface area contributed by atoms with E-state index in [1.807, 2.05) is 0 Å². The number of amides is 4. The molecule has 1 fully saturated rings. The first-order chi connectivity index (χ1) is 18.4. The molecule has 2 aromatic carbocycles. The maximum atomic E-state index is 12.6. The molecule has 1 heterocycles. The standard InChI is InChI=1S/C25H21N3O10S/c29-19(30)9-8-17(23(34)35)26-20(31)15-3-1-2-14(10-15)12-28(22(33)24(36)37)16-6-4-13(5-7-16)11-18-21(32)27-25(38)39-18/h1-7,10-11,17H,8-9,12H2,(H,26,31)(H,29,30)(H,34,35)(H,36,37)(H,27,32,38)/b18-11-/t17-/m1/s1. The summed E-state index contributed by atoms with van der Waals surface area (Å²) in [7, 11) is 0. The van der Waals surface area contributed by atoms with Crippen LogP contribution >= 0.6 is 11.8 Å². The van der Waals surface area contributed by atoms with Crippen molar-refractivity contribution in [2.45, 2.75) is 25.4 Å². The van der Waals surface area contributed by atoms with Gasteiger partial charge in [-0.1, -0.05) is 24.3 Å². The summed E-state index contributed by atoms with van der Waals surface area (Å²) in [4.78, 5) is 82.9. The van der Waals surface area contributed by atoms with Crippen molar-refractivity contribution in [1.29, 1.82) is 0 Å². The number of nitrogens with zero attached hydrogens (tertiary/aromatic N) is 1. The number of aliphatic carboxylic acids is 3. The van der Waals surface area contributed by atoms with Gasteiger partial charge >= 0.3 is 23.8 Å². The normalized spacial score (nSPS) is 14.4. The molecule has 4 amide bonds. The smallest absolute Gasteiger partial charge is 0.394 e. The predicted octanol–water partition coefficient (Wildman–Crippen LogP) is 1.68. The molecule has 0 spiro atoms. The van der Waals surface area contributed by atoms with Crippen LogP contribution in [0.4, 0.5) is 10.5 Å². The van der Waals surface area contributed by atoms with E-state index in [0.29, 0.717) is 11.1 Å². The van der Waals surface area contributed by atoms with Gasteiger partial charge in [0.05, 0.1) is 11.4 Å². The van der Waals surface area contributed by atoms with Crippen molar-refractivity contribution in [3.63, 3.8) is 0 Å². The molecular formula is C25H21N3O10S. The Hall–Kier alpha value is -4.98. The average Bonchev–Trinajstić information content (AvgIpc) is 3.20. The van der Waals surface area contributed by atoms with Gasteiger partial charge in [-0.25, -0.2) is 9.59 Å². The molecule has 1 aliphatic rings. The molecule has 0 unspecified atom stereocenters. The van der Waals surface area contributed by atoms with E-state index in [0.717, 1.165) is 16.7 Å². The van der Waals surface area contributed by atoms with Gasteiger partial charge in [-0.3, -0.25) is 34.2 Å². The fourth-order valence-electron chi connectivity index (χ4n) is 3.48. The lowest BCUT2D eigenvalue weighted by Gasteiger charge is -2.21.